The lowest BCUT2D eigenvalue weighted by molar-refractivity contribution is -0.128. The molecule has 0 bridgehead atoms. The summed E-state index contributed by atoms with van der Waals surface area (Å²) >= 11 is 6.16. The van der Waals surface area contributed by atoms with Gasteiger partial charge in [0, 0.05) is 24.3 Å². The number of carbonyl (C=O) groups is 1. The number of hydrogen-bond acceptors (Lipinski definition) is 3. The standard InChI is InChI=1S/C19H22ClN3O/c20-17-9-2-1-7-15(17)13-22-19(24)18-10-4-6-12-23(18)14-16-8-3-5-11-21-16/h1-3,5,7-9,11,18H,4,6,10,12-14H2,(H,22,24). The first kappa shape index (κ1) is 16.9. The van der Waals surface area contributed by atoms with E-state index in [1.54, 1.807) is 6.20 Å². The fourth-order valence-electron chi connectivity index (χ4n) is 3.12. The van der Waals surface area contributed by atoms with Gasteiger partial charge in [-0.05, 0) is 43.1 Å². The molecule has 3 rings (SSSR count). The molecule has 1 aliphatic rings. The number of hydrogen-bond donors (Lipinski definition) is 1. The SMILES string of the molecule is O=C(NCc1ccccc1Cl)C1CCCCN1Cc1ccccn1. The first-order chi connectivity index (χ1) is 11.7. The molecule has 1 aromatic heterocycles. The van der Waals surface area contributed by atoms with E-state index in [-0.39, 0.29) is 11.9 Å². The van der Waals surface area contributed by atoms with Crippen molar-refractivity contribution >= 4 is 17.5 Å². The number of amides is 1. The Morgan fingerprint density at radius 2 is 2.04 bits per heavy atom. The van der Waals surface area contributed by atoms with Crippen LogP contribution in [0, 0.1) is 0 Å². The third-order valence-corrected chi connectivity index (χ3v) is 4.79. The maximum absolute atomic E-state index is 12.7. The average molecular weight is 344 g/mol. The number of rotatable bonds is 5. The Balaban J connectivity index is 1.62. The van der Waals surface area contributed by atoms with Crippen LogP contribution in [0.25, 0.3) is 0 Å². The Morgan fingerprint density at radius 3 is 2.83 bits per heavy atom. The molecule has 0 saturated carbocycles. The monoisotopic (exact) mass is 343 g/mol. The van der Waals surface area contributed by atoms with Gasteiger partial charge in [0.2, 0.25) is 5.91 Å². The molecule has 1 aliphatic heterocycles. The van der Waals surface area contributed by atoms with E-state index in [9.17, 15) is 4.79 Å². The summed E-state index contributed by atoms with van der Waals surface area (Å²) in [5.41, 5.74) is 1.95. The van der Waals surface area contributed by atoms with E-state index in [1.165, 1.54) is 0 Å². The summed E-state index contributed by atoms with van der Waals surface area (Å²) in [6, 6.07) is 13.4. The van der Waals surface area contributed by atoms with Crippen LogP contribution in [-0.4, -0.2) is 28.4 Å². The van der Waals surface area contributed by atoms with Crippen LogP contribution in [0.3, 0.4) is 0 Å². The second-order valence-electron chi connectivity index (χ2n) is 6.11. The number of carbonyl (C=O) groups excluding carboxylic acids is 1. The van der Waals surface area contributed by atoms with E-state index >= 15 is 0 Å². The second-order valence-corrected chi connectivity index (χ2v) is 6.52. The number of likely N-dealkylation sites (tertiary alicyclic amines) is 1. The van der Waals surface area contributed by atoms with Gasteiger partial charge in [-0.15, -0.1) is 0 Å². The summed E-state index contributed by atoms with van der Waals surface area (Å²) in [5.74, 6) is 0.0746. The molecule has 2 heterocycles. The number of piperidine rings is 1. The molecule has 4 nitrogen and oxygen atoms in total. The topological polar surface area (TPSA) is 45.2 Å². The zero-order valence-electron chi connectivity index (χ0n) is 13.6. The summed E-state index contributed by atoms with van der Waals surface area (Å²) in [6.45, 7) is 2.11. The molecule has 1 saturated heterocycles. The minimum Gasteiger partial charge on any atom is -0.351 e. The van der Waals surface area contributed by atoms with E-state index < -0.39 is 0 Å². The third-order valence-electron chi connectivity index (χ3n) is 4.42. The molecule has 1 amide bonds. The summed E-state index contributed by atoms with van der Waals surface area (Å²) in [5, 5.41) is 3.73. The predicted octanol–water partition coefficient (Wildman–Crippen LogP) is 3.41. The predicted molar refractivity (Wildman–Crippen MR) is 95.6 cm³/mol. The zero-order valence-corrected chi connectivity index (χ0v) is 14.4. The number of nitrogens with zero attached hydrogens (tertiary/aromatic N) is 2. The summed E-state index contributed by atoms with van der Waals surface area (Å²) in [6.07, 6.45) is 4.90. The second kappa shape index (κ2) is 8.27. The Hall–Kier alpha value is -1.91. The Morgan fingerprint density at radius 1 is 1.21 bits per heavy atom. The van der Waals surface area contributed by atoms with Crippen molar-refractivity contribution in [2.75, 3.05) is 6.54 Å². The highest BCUT2D eigenvalue weighted by molar-refractivity contribution is 6.31. The van der Waals surface area contributed by atoms with Crippen molar-refractivity contribution in [3.63, 3.8) is 0 Å². The van der Waals surface area contributed by atoms with E-state index in [0.717, 1.165) is 37.1 Å². The van der Waals surface area contributed by atoms with Crippen molar-refractivity contribution in [1.82, 2.24) is 15.2 Å². The van der Waals surface area contributed by atoms with Gasteiger partial charge in [-0.1, -0.05) is 42.3 Å². The smallest absolute Gasteiger partial charge is 0.237 e. The van der Waals surface area contributed by atoms with Gasteiger partial charge < -0.3 is 5.32 Å². The molecule has 1 unspecified atom stereocenters. The molecule has 1 fully saturated rings. The van der Waals surface area contributed by atoms with Gasteiger partial charge in [-0.25, -0.2) is 0 Å². The van der Waals surface area contributed by atoms with Gasteiger partial charge in [0.25, 0.3) is 0 Å². The maximum Gasteiger partial charge on any atom is 0.237 e. The highest BCUT2D eigenvalue weighted by Gasteiger charge is 2.28. The number of halogens is 1. The van der Waals surface area contributed by atoms with Crippen LogP contribution in [0.5, 0.6) is 0 Å². The van der Waals surface area contributed by atoms with Crippen molar-refractivity contribution in [1.29, 1.82) is 0 Å². The minimum atomic E-state index is -0.0942. The van der Waals surface area contributed by atoms with E-state index in [1.807, 2.05) is 42.5 Å². The summed E-state index contributed by atoms with van der Waals surface area (Å²) < 4.78 is 0. The van der Waals surface area contributed by atoms with Gasteiger partial charge in [-0.3, -0.25) is 14.7 Å². The first-order valence-electron chi connectivity index (χ1n) is 8.39. The van der Waals surface area contributed by atoms with Crippen molar-refractivity contribution in [2.24, 2.45) is 0 Å². The van der Waals surface area contributed by atoms with Crippen molar-refractivity contribution in [3.05, 3.63) is 64.9 Å². The summed E-state index contributed by atoms with van der Waals surface area (Å²) in [7, 11) is 0. The molecular formula is C19H22ClN3O. The number of pyridine rings is 1. The largest absolute Gasteiger partial charge is 0.351 e. The first-order valence-corrected chi connectivity index (χ1v) is 8.77. The van der Waals surface area contributed by atoms with Gasteiger partial charge in [0.05, 0.1) is 11.7 Å². The molecule has 5 heteroatoms. The van der Waals surface area contributed by atoms with Gasteiger partial charge >= 0.3 is 0 Å². The molecule has 1 atom stereocenters. The fraction of sp³-hybridized carbons (Fsp3) is 0.368. The van der Waals surface area contributed by atoms with E-state index in [4.69, 9.17) is 11.6 Å². The number of benzene rings is 1. The molecule has 0 spiro atoms. The van der Waals surface area contributed by atoms with Crippen LogP contribution in [-0.2, 0) is 17.9 Å². The Bertz CT molecular complexity index is 677. The molecular weight excluding hydrogens is 322 g/mol. The number of nitrogens with one attached hydrogen (secondary N) is 1. The van der Waals surface area contributed by atoms with Crippen LogP contribution in [0.2, 0.25) is 5.02 Å². The highest BCUT2D eigenvalue weighted by atomic mass is 35.5. The molecule has 1 aromatic carbocycles. The summed E-state index contributed by atoms with van der Waals surface area (Å²) in [4.78, 5) is 19.3. The van der Waals surface area contributed by atoms with Crippen molar-refractivity contribution < 1.29 is 4.79 Å². The van der Waals surface area contributed by atoms with Gasteiger partial charge in [0.15, 0.2) is 0 Å². The fourth-order valence-corrected chi connectivity index (χ4v) is 3.32. The molecule has 0 aliphatic carbocycles. The van der Waals surface area contributed by atoms with Crippen molar-refractivity contribution in [2.45, 2.75) is 38.4 Å². The number of aromatic nitrogens is 1. The van der Waals surface area contributed by atoms with E-state index in [2.05, 4.69) is 15.2 Å². The van der Waals surface area contributed by atoms with Crippen molar-refractivity contribution in [3.8, 4) is 0 Å². The molecule has 24 heavy (non-hydrogen) atoms. The van der Waals surface area contributed by atoms with Crippen LogP contribution in [0.1, 0.15) is 30.5 Å². The van der Waals surface area contributed by atoms with Crippen LogP contribution >= 0.6 is 11.6 Å². The van der Waals surface area contributed by atoms with Crippen LogP contribution in [0.4, 0.5) is 0 Å². The lowest BCUT2D eigenvalue weighted by Gasteiger charge is -2.34. The molecule has 0 radical (unpaired) electrons. The Labute approximate surface area is 147 Å². The molecule has 2 aromatic rings. The van der Waals surface area contributed by atoms with E-state index in [0.29, 0.717) is 18.1 Å². The normalized spacial score (nSPS) is 18.3. The minimum absolute atomic E-state index is 0.0746. The van der Waals surface area contributed by atoms with Crippen LogP contribution in [0.15, 0.2) is 48.7 Å². The van der Waals surface area contributed by atoms with Gasteiger partial charge in [0.1, 0.15) is 0 Å². The highest BCUT2D eigenvalue weighted by Crippen LogP contribution is 2.20. The molecule has 1 N–H and O–H groups in total. The van der Waals surface area contributed by atoms with Crippen LogP contribution < -0.4 is 5.32 Å². The quantitative estimate of drug-likeness (QED) is 0.905. The lowest BCUT2D eigenvalue weighted by atomic mass is 10.0. The maximum atomic E-state index is 12.7. The Kier molecular flexibility index (Phi) is 5.83. The molecule has 126 valence electrons. The average Bonchev–Trinajstić information content (AvgIpc) is 2.62. The zero-order chi connectivity index (χ0) is 16.8. The lowest BCUT2D eigenvalue weighted by Crippen LogP contribution is -2.48. The van der Waals surface area contributed by atoms with Gasteiger partial charge in [-0.2, -0.15) is 0 Å². The third kappa shape index (κ3) is 4.34.